The average molecular weight is 628 g/mol. The molecule has 0 aliphatic rings. The van der Waals surface area contributed by atoms with E-state index in [0.29, 0.717) is 29.5 Å². The summed E-state index contributed by atoms with van der Waals surface area (Å²) in [5.41, 5.74) is 2.25. The highest BCUT2D eigenvalue weighted by molar-refractivity contribution is 7.92. The number of nitrogens with zero attached hydrogens (tertiary/aromatic N) is 2. The number of ether oxygens (including phenoxy) is 1. The topological polar surface area (TPSA) is 96.0 Å². The smallest absolute Gasteiger partial charge is 0.243 e. The minimum absolute atomic E-state index is 0.0541. The van der Waals surface area contributed by atoms with Gasteiger partial charge < -0.3 is 15.0 Å². The van der Waals surface area contributed by atoms with Crippen LogP contribution in [0.25, 0.3) is 0 Å². The third-order valence-electron chi connectivity index (χ3n) is 7.13. The van der Waals surface area contributed by atoms with Crippen molar-refractivity contribution < 1.29 is 22.7 Å². The van der Waals surface area contributed by atoms with Crippen LogP contribution in [0.15, 0.2) is 78.9 Å². The third kappa shape index (κ3) is 10.6. The molecule has 2 atom stereocenters. The molecule has 0 radical (unpaired) electrons. The number of nitrogens with one attached hydrogen (secondary N) is 1. The van der Waals surface area contributed by atoms with E-state index in [1.807, 2.05) is 63.2 Å². The van der Waals surface area contributed by atoms with Crippen LogP contribution >= 0.6 is 11.6 Å². The Morgan fingerprint density at radius 1 is 0.930 bits per heavy atom. The largest absolute Gasteiger partial charge is 0.494 e. The number of carbonyl (C=O) groups excluding carboxylic acids is 2. The van der Waals surface area contributed by atoms with Crippen LogP contribution in [0, 0.1) is 0 Å². The molecule has 2 amide bonds. The van der Waals surface area contributed by atoms with Crippen molar-refractivity contribution in [2.45, 2.75) is 65.1 Å². The minimum Gasteiger partial charge on any atom is -0.494 e. The van der Waals surface area contributed by atoms with Gasteiger partial charge in [0.2, 0.25) is 21.8 Å². The van der Waals surface area contributed by atoms with Crippen molar-refractivity contribution >= 4 is 39.1 Å². The van der Waals surface area contributed by atoms with E-state index < -0.39 is 16.1 Å². The first kappa shape index (κ1) is 33.9. The van der Waals surface area contributed by atoms with Gasteiger partial charge in [0.15, 0.2) is 0 Å². The SMILES string of the molecule is CCOc1ccc(N(CCCC(=O)N(Cc2ccc(Cl)cc2)[C@@H](Cc2ccccc2)C(=O)N[C@@H](C)CC)S(C)(=O)=O)cc1. The Hall–Kier alpha value is -3.56. The van der Waals surface area contributed by atoms with Crippen LogP contribution in [0.2, 0.25) is 5.02 Å². The average Bonchev–Trinajstić information content (AvgIpc) is 2.98. The molecule has 0 bridgehead atoms. The second-order valence-electron chi connectivity index (χ2n) is 10.5. The number of anilines is 1. The maximum Gasteiger partial charge on any atom is 0.243 e. The fourth-order valence-corrected chi connectivity index (χ4v) is 5.75. The molecular weight excluding hydrogens is 586 g/mol. The molecule has 0 saturated carbocycles. The van der Waals surface area contributed by atoms with Crippen LogP contribution in [-0.4, -0.2) is 56.6 Å². The van der Waals surface area contributed by atoms with Gasteiger partial charge in [-0.15, -0.1) is 0 Å². The summed E-state index contributed by atoms with van der Waals surface area (Å²) in [7, 11) is -3.61. The Bertz CT molecular complexity index is 1420. The van der Waals surface area contributed by atoms with Crippen molar-refractivity contribution in [3.05, 3.63) is 95.0 Å². The van der Waals surface area contributed by atoms with E-state index in [9.17, 15) is 18.0 Å². The van der Waals surface area contributed by atoms with Crippen LogP contribution in [0.3, 0.4) is 0 Å². The van der Waals surface area contributed by atoms with E-state index in [1.165, 1.54) is 4.31 Å². The fourth-order valence-electron chi connectivity index (χ4n) is 4.66. The van der Waals surface area contributed by atoms with Crippen molar-refractivity contribution in [3.63, 3.8) is 0 Å². The Morgan fingerprint density at radius 3 is 2.16 bits per heavy atom. The third-order valence-corrected chi connectivity index (χ3v) is 8.57. The van der Waals surface area contributed by atoms with E-state index in [2.05, 4.69) is 5.32 Å². The lowest BCUT2D eigenvalue weighted by Gasteiger charge is -2.32. The van der Waals surface area contributed by atoms with Crippen LogP contribution in [-0.2, 0) is 32.6 Å². The van der Waals surface area contributed by atoms with Gasteiger partial charge in [-0.25, -0.2) is 8.42 Å². The molecule has 3 aromatic carbocycles. The van der Waals surface area contributed by atoms with E-state index in [-0.39, 0.29) is 43.8 Å². The van der Waals surface area contributed by atoms with Gasteiger partial charge in [-0.3, -0.25) is 13.9 Å². The molecule has 0 unspecified atom stereocenters. The molecule has 0 heterocycles. The Labute approximate surface area is 261 Å². The van der Waals surface area contributed by atoms with E-state index in [0.717, 1.165) is 23.8 Å². The molecule has 43 heavy (non-hydrogen) atoms. The zero-order valence-corrected chi connectivity index (χ0v) is 26.9. The number of amides is 2. The summed E-state index contributed by atoms with van der Waals surface area (Å²) in [5.74, 6) is 0.177. The Morgan fingerprint density at radius 2 is 1.58 bits per heavy atom. The number of sulfonamides is 1. The molecule has 0 aromatic heterocycles. The van der Waals surface area contributed by atoms with Gasteiger partial charge in [-0.2, -0.15) is 0 Å². The molecule has 1 N–H and O–H groups in total. The summed E-state index contributed by atoms with van der Waals surface area (Å²) in [5, 5.41) is 3.63. The summed E-state index contributed by atoms with van der Waals surface area (Å²) in [6, 6.07) is 22.8. The van der Waals surface area contributed by atoms with Crippen molar-refractivity contribution in [2.75, 3.05) is 23.7 Å². The van der Waals surface area contributed by atoms with Gasteiger partial charge in [0, 0.05) is 37.0 Å². The molecule has 8 nitrogen and oxygen atoms in total. The summed E-state index contributed by atoms with van der Waals surface area (Å²) < 4.78 is 32.1. The fraction of sp³-hybridized carbons (Fsp3) is 0.394. The standard InChI is InChI=1S/C33H42ClN3O5S/c1-5-25(3)35-33(39)31(23-26-11-8-7-9-12-26)36(24-27-14-16-28(34)17-15-27)32(38)13-10-22-37(43(4,40)41)29-18-20-30(21-19-29)42-6-2/h7-9,11-12,14-21,25,31H,5-6,10,13,22-24H2,1-4H3,(H,35,39)/t25-,31-/m0/s1. The lowest BCUT2D eigenvalue weighted by molar-refractivity contribution is -0.141. The summed E-state index contributed by atoms with van der Waals surface area (Å²) >= 11 is 6.11. The van der Waals surface area contributed by atoms with Crippen LogP contribution in [0.5, 0.6) is 5.75 Å². The number of hydrogen-bond acceptors (Lipinski definition) is 5. The van der Waals surface area contributed by atoms with E-state index in [1.54, 1.807) is 41.3 Å². The molecule has 0 saturated heterocycles. The Balaban J connectivity index is 1.86. The van der Waals surface area contributed by atoms with Crippen molar-refractivity contribution in [1.29, 1.82) is 0 Å². The highest BCUT2D eigenvalue weighted by Crippen LogP contribution is 2.23. The highest BCUT2D eigenvalue weighted by Gasteiger charge is 2.31. The predicted molar refractivity (Wildman–Crippen MR) is 173 cm³/mol. The van der Waals surface area contributed by atoms with Crippen molar-refractivity contribution in [2.24, 2.45) is 0 Å². The summed E-state index contributed by atoms with van der Waals surface area (Å²) in [6.45, 7) is 6.62. The first-order chi connectivity index (χ1) is 20.5. The zero-order valence-electron chi connectivity index (χ0n) is 25.3. The van der Waals surface area contributed by atoms with Gasteiger partial charge >= 0.3 is 0 Å². The van der Waals surface area contributed by atoms with Crippen molar-refractivity contribution in [1.82, 2.24) is 10.2 Å². The number of carbonyl (C=O) groups is 2. The highest BCUT2D eigenvalue weighted by atomic mass is 35.5. The second-order valence-corrected chi connectivity index (χ2v) is 12.9. The molecule has 0 spiro atoms. The van der Waals surface area contributed by atoms with Gasteiger partial charge in [0.1, 0.15) is 11.8 Å². The minimum atomic E-state index is -3.61. The van der Waals surface area contributed by atoms with Gasteiger partial charge in [-0.05, 0) is 74.2 Å². The molecule has 3 aromatic rings. The number of halogens is 1. The lowest BCUT2D eigenvalue weighted by atomic mass is 10.0. The molecule has 0 aliphatic carbocycles. The molecule has 0 aliphatic heterocycles. The van der Waals surface area contributed by atoms with Crippen LogP contribution in [0.1, 0.15) is 51.2 Å². The molecular formula is C33H42ClN3O5S. The number of rotatable bonds is 16. The lowest BCUT2D eigenvalue weighted by Crippen LogP contribution is -2.52. The van der Waals surface area contributed by atoms with E-state index in [4.69, 9.17) is 16.3 Å². The van der Waals surface area contributed by atoms with Gasteiger partial charge in [0.25, 0.3) is 0 Å². The maximum atomic E-state index is 13.9. The maximum absolute atomic E-state index is 13.9. The first-order valence-electron chi connectivity index (χ1n) is 14.6. The first-order valence-corrected chi connectivity index (χ1v) is 16.8. The normalized spacial score (nSPS) is 12.7. The molecule has 0 fully saturated rings. The number of benzene rings is 3. The van der Waals surface area contributed by atoms with Gasteiger partial charge in [0.05, 0.1) is 18.6 Å². The number of hydrogen-bond donors (Lipinski definition) is 1. The molecule has 3 rings (SSSR count). The molecule has 232 valence electrons. The summed E-state index contributed by atoms with van der Waals surface area (Å²) in [4.78, 5) is 29.2. The predicted octanol–water partition coefficient (Wildman–Crippen LogP) is 5.84. The summed E-state index contributed by atoms with van der Waals surface area (Å²) in [6.07, 6.45) is 2.55. The quantitative estimate of drug-likeness (QED) is 0.215. The zero-order chi connectivity index (χ0) is 31.4. The van der Waals surface area contributed by atoms with Crippen LogP contribution < -0.4 is 14.4 Å². The van der Waals surface area contributed by atoms with E-state index >= 15 is 0 Å². The Kier molecular flexibility index (Phi) is 12.9. The molecule has 10 heteroatoms. The van der Waals surface area contributed by atoms with Gasteiger partial charge in [-0.1, -0.05) is 61.0 Å². The second kappa shape index (κ2) is 16.3. The monoisotopic (exact) mass is 627 g/mol. The van der Waals surface area contributed by atoms with Crippen LogP contribution in [0.4, 0.5) is 5.69 Å². The van der Waals surface area contributed by atoms with Crippen molar-refractivity contribution in [3.8, 4) is 5.75 Å².